The maximum atomic E-state index is 7.19. The molecule has 3 nitrogen and oxygen atoms in total. The molecule has 5 aromatic rings. The molecule has 0 radical (unpaired) electrons. The van der Waals surface area contributed by atoms with Crippen LogP contribution in [0.15, 0.2) is 148 Å². The number of hydrogen-bond acceptors (Lipinski definition) is 3. The second-order valence-corrected chi connectivity index (χ2v) is 26.8. The predicted octanol–water partition coefficient (Wildman–Crippen LogP) is 15.0. The van der Waals surface area contributed by atoms with Crippen LogP contribution in [0.2, 0.25) is 19.6 Å². The van der Waals surface area contributed by atoms with Crippen LogP contribution < -0.4 is 0 Å². The molecule has 0 fully saturated rings. The normalized spacial score (nSPS) is 25.7. The average Bonchev–Trinajstić information content (AvgIpc) is 3.90. The molecule has 4 aromatic carbocycles. The zero-order chi connectivity index (χ0) is 43.4. The summed E-state index contributed by atoms with van der Waals surface area (Å²) in [5.41, 5.74) is 16.6. The van der Waals surface area contributed by atoms with E-state index in [0.29, 0.717) is 23.7 Å². The topological polar surface area (TPSA) is 19.6 Å². The minimum Gasteiger partial charge on any atom is -0.460 e. The fourth-order valence-electron chi connectivity index (χ4n) is 12.3. The molecule has 0 bridgehead atoms. The molecule has 4 aliphatic heterocycles. The van der Waals surface area contributed by atoms with E-state index in [1.54, 1.807) is 5.20 Å². The Labute approximate surface area is 377 Å². The quantitative estimate of drug-likeness (QED) is 0.125. The number of benzene rings is 4. The summed E-state index contributed by atoms with van der Waals surface area (Å²) >= 11 is 0. The lowest BCUT2D eigenvalue weighted by molar-refractivity contribution is 0.136. The lowest BCUT2D eigenvalue weighted by Gasteiger charge is -2.52. The highest BCUT2D eigenvalue weighted by molar-refractivity contribution is 6.83. The molecule has 0 saturated carbocycles. The van der Waals surface area contributed by atoms with Crippen LogP contribution in [0.1, 0.15) is 103 Å². The maximum absolute atomic E-state index is 7.19. The number of nitrogens with zero attached hydrogens (tertiary/aromatic N) is 2. The van der Waals surface area contributed by atoms with Gasteiger partial charge in [-0.05, 0) is 100 Å². The molecular formula is C59H64N2OSi. The second kappa shape index (κ2) is 15.2. The first-order valence-corrected chi connectivity index (χ1v) is 27.3. The van der Waals surface area contributed by atoms with E-state index in [1.165, 1.54) is 66.7 Å². The maximum Gasteiger partial charge on any atom is 0.140 e. The van der Waals surface area contributed by atoms with Crippen LogP contribution in [0.3, 0.4) is 0 Å². The Morgan fingerprint density at radius 1 is 0.841 bits per heavy atom. The van der Waals surface area contributed by atoms with Gasteiger partial charge in [-0.25, -0.2) is 0 Å². The van der Waals surface area contributed by atoms with Gasteiger partial charge < -0.3 is 9.32 Å². The molecule has 63 heavy (non-hydrogen) atoms. The third kappa shape index (κ3) is 6.95. The predicted molar refractivity (Wildman–Crippen MR) is 267 cm³/mol. The summed E-state index contributed by atoms with van der Waals surface area (Å²) < 4.78 is 7.19. The molecule has 7 unspecified atom stereocenters. The first kappa shape index (κ1) is 40.6. The summed E-state index contributed by atoms with van der Waals surface area (Å²) in [5.74, 6) is 2.97. The van der Waals surface area contributed by atoms with Gasteiger partial charge in [0.1, 0.15) is 11.3 Å². The lowest BCUT2D eigenvalue weighted by atomic mass is 9.72. The standard InChI is InChI=1S/C59H64N2OSi/c1-37-28-44-30-53(61-36-56(63(6,7)8)50(59(3,4)5)34-51(61)49(44)33-48(37)41-22-16-11-17-23-41)52-29-43-25-27-47-46-26-24-42(40-20-14-10-15-21-40)32-55(46)62-58(47)57(43)54-31-45(35-60(52)54)38(2)39-18-12-9-13-19-39/h9-20,22-28,30-31,33,36,38,40,42,50-52,54H,21,29,32,34-35H2,1-8H3. The fourth-order valence-corrected chi connectivity index (χ4v) is 14.5. The van der Waals surface area contributed by atoms with Gasteiger partial charge in [-0.1, -0.05) is 180 Å². The molecule has 11 rings (SSSR count). The highest BCUT2D eigenvalue weighted by Crippen LogP contribution is 2.55. The third-order valence-corrected chi connectivity index (χ3v) is 18.0. The van der Waals surface area contributed by atoms with Crippen molar-refractivity contribution in [2.45, 2.75) is 104 Å². The van der Waals surface area contributed by atoms with E-state index in [2.05, 4.69) is 204 Å². The number of rotatable bonds is 6. The Hall–Kier alpha value is -5.16. The highest BCUT2D eigenvalue weighted by atomic mass is 28.3. The fraction of sp³-hybridized carbons (Fsp3) is 0.356. The lowest BCUT2D eigenvalue weighted by Crippen LogP contribution is -2.50. The molecule has 320 valence electrons. The van der Waals surface area contributed by atoms with Gasteiger partial charge in [-0.3, -0.25) is 4.90 Å². The molecule has 6 aliphatic rings. The number of fused-ring (bicyclic) bond motifs is 10. The minimum absolute atomic E-state index is 0.123. The van der Waals surface area contributed by atoms with E-state index in [-0.39, 0.29) is 23.5 Å². The van der Waals surface area contributed by atoms with Crippen LogP contribution in [0.5, 0.6) is 0 Å². The average molecular weight is 845 g/mol. The Morgan fingerprint density at radius 2 is 1.62 bits per heavy atom. The summed E-state index contributed by atoms with van der Waals surface area (Å²) in [6.45, 7) is 20.8. The summed E-state index contributed by atoms with van der Waals surface area (Å²) in [4.78, 5) is 5.67. The number of furan rings is 1. The zero-order valence-electron chi connectivity index (χ0n) is 38.7. The zero-order valence-corrected chi connectivity index (χ0v) is 39.7. The van der Waals surface area contributed by atoms with Crippen LogP contribution in [0.25, 0.3) is 34.2 Å². The van der Waals surface area contributed by atoms with Crippen molar-refractivity contribution in [1.82, 2.24) is 9.80 Å². The Bertz CT molecular complexity index is 2800. The van der Waals surface area contributed by atoms with Crippen LogP contribution in [0, 0.1) is 30.1 Å². The monoisotopic (exact) mass is 844 g/mol. The van der Waals surface area contributed by atoms with Crippen LogP contribution in [0.4, 0.5) is 0 Å². The molecule has 7 atom stereocenters. The summed E-state index contributed by atoms with van der Waals surface area (Å²) in [7, 11) is -1.71. The van der Waals surface area contributed by atoms with E-state index in [4.69, 9.17) is 4.42 Å². The summed E-state index contributed by atoms with van der Waals surface area (Å²) in [5, 5.41) is 2.98. The van der Waals surface area contributed by atoms with Crippen molar-refractivity contribution >= 4 is 31.2 Å². The Morgan fingerprint density at radius 3 is 2.35 bits per heavy atom. The molecule has 1 aromatic heterocycles. The number of hydrogen-bond donors (Lipinski definition) is 0. The molecule has 0 saturated heterocycles. The van der Waals surface area contributed by atoms with Crippen molar-refractivity contribution in [1.29, 1.82) is 0 Å². The number of allylic oxidation sites excluding steroid dienone is 6. The van der Waals surface area contributed by atoms with Gasteiger partial charge in [-0.2, -0.15) is 0 Å². The molecule has 0 spiro atoms. The first-order chi connectivity index (χ1) is 30.3. The van der Waals surface area contributed by atoms with Gasteiger partial charge in [0, 0.05) is 47.3 Å². The molecule has 0 amide bonds. The van der Waals surface area contributed by atoms with Crippen molar-refractivity contribution in [2.75, 3.05) is 6.54 Å². The van der Waals surface area contributed by atoms with E-state index in [0.717, 1.165) is 43.6 Å². The SMILES string of the molecule is Cc1cc2c(cc1-c1ccccc1)C1CC(C(C)(C)C)C([Si](C)(C)C)=CN1C(C1Cc3ccc4c5c(oc4c3C3C=C(C(C)c4ccccc4)CN13)CC(C1C=CC=CC1)C=C5)=C2. The molecular weight excluding hydrogens is 781 g/mol. The van der Waals surface area contributed by atoms with Gasteiger partial charge in [-0.15, -0.1) is 0 Å². The largest absolute Gasteiger partial charge is 0.460 e. The van der Waals surface area contributed by atoms with Gasteiger partial charge in [0.25, 0.3) is 0 Å². The van der Waals surface area contributed by atoms with Crippen molar-refractivity contribution in [3.63, 3.8) is 0 Å². The van der Waals surface area contributed by atoms with E-state index in [1.807, 2.05) is 0 Å². The summed E-state index contributed by atoms with van der Waals surface area (Å²) in [6, 6.07) is 32.7. The molecule has 0 N–H and O–H groups in total. The Kier molecular flexibility index (Phi) is 9.82. The third-order valence-electron chi connectivity index (χ3n) is 15.8. The van der Waals surface area contributed by atoms with E-state index >= 15 is 0 Å². The smallest absolute Gasteiger partial charge is 0.140 e. The van der Waals surface area contributed by atoms with Crippen LogP contribution in [-0.2, 0) is 12.8 Å². The van der Waals surface area contributed by atoms with Gasteiger partial charge >= 0.3 is 0 Å². The number of aryl methyl sites for hydroxylation is 1. The van der Waals surface area contributed by atoms with Crippen LogP contribution >= 0.6 is 0 Å². The van der Waals surface area contributed by atoms with Crippen molar-refractivity contribution in [3.8, 4) is 11.1 Å². The van der Waals surface area contributed by atoms with E-state index < -0.39 is 8.07 Å². The van der Waals surface area contributed by atoms with E-state index in [9.17, 15) is 0 Å². The molecule has 4 heteroatoms. The molecule has 2 aliphatic carbocycles. The highest BCUT2D eigenvalue weighted by Gasteiger charge is 2.48. The summed E-state index contributed by atoms with van der Waals surface area (Å²) in [6.07, 6.45) is 26.0. The van der Waals surface area contributed by atoms with Crippen molar-refractivity contribution in [2.24, 2.45) is 23.2 Å². The van der Waals surface area contributed by atoms with Crippen LogP contribution in [-0.4, -0.2) is 30.5 Å². The first-order valence-electron chi connectivity index (χ1n) is 23.8. The van der Waals surface area contributed by atoms with Gasteiger partial charge in [0.2, 0.25) is 0 Å². The van der Waals surface area contributed by atoms with Crippen molar-refractivity contribution in [3.05, 3.63) is 189 Å². The minimum atomic E-state index is -1.71. The Balaban J connectivity index is 1.07. The van der Waals surface area contributed by atoms with Gasteiger partial charge in [0.15, 0.2) is 0 Å². The van der Waals surface area contributed by atoms with Crippen molar-refractivity contribution < 1.29 is 4.42 Å². The second-order valence-electron chi connectivity index (χ2n) is 21.7. The van der Waals surface area contributed by atoms with Gasteiger partial charge in [0.05, 0.1) is 26.2 Å². The molecule has 5 heterocycles.